The van der Waals surface area contributed by atoms with Gasteiger partial charge >= 0.3 is 7.60 Å². The van der Waals surface area contributed by atoms with Gasteiger partial charge in [-0.3, -0.25) is 9.09 Å². The van der Waals surface area contributed by atoms with Crippen molar-refractivity contribution in [3.05, 3.63) is 24.2 Å². The van der Waals surface area contributed by atoms with Crippen LogP contribution in [0.5, 0.6) is 0 Å². The number of aromatic nitrogens is 4. The van der Waals surface area contributed by atoms with Crippen LogP contribution < -0.4 is 5.32 Å². The maximum atomic E-state index is 11.9. The second-order valence-electron chi connectivity index (χ2n) is 5.17. The third-order valence-corrected chi connectivity index (χ3v) is 4.77. The molecule has 3 atom stereocenters. The molecule has 10 nitrogen and oxygen atoms in total. The molecule has 0 aromatic carbocycles. The number of imidazole rings is 1. The summed E-state index contributed by atoms with van der Waals surface area (Å²) in [5, 5.41) is 13.4. The summed E-state index contributed by atoms with van der Waals surface area (Å²) in [5.41, 5.74) is 1.04. The first kappa shape index (κ1) is 14.4. The highest BCUT2D eigenvalue weighted by molar-refractivity contribution is 7.53. The maximum Gasteiger partial charge on any atom is 0.376 e. The summed E-state index contributed by atoms with van der Waals surface area (Å²) in [6.45, 7) is 1.33. The Kier molecular flexibility index (Phi) is 3.09. The van der Waals surface area contributed by atoms with Gasteiger partial charge in [0.15, 0.2) is 34.6 Å². The van der Waals surface area contributed by atoms with E-state index in [0.717, 1.165) is 0 Å². The van der Waals surface area contributed by atoms with E-state index in [2.05, 4.69) is 20.3 Å². The average molecular weight is 339 g/mol. The van der Waals surface area contributed by atoms with Gasteiger partial charge in [-0.15, -0.1) is 0 Å². The van der Waals surface area contributed by atoms with E-state index in [0.29, 0.717) is 22.7 Å². The Morgan fingerprint density at radius 1 is 1.43 bits per heavy atom. The molecule has 0 saturated carbocycles. The molecular formula is C12H14N5O5P. The van der Waals surface area contributed by atoms with Crippen LogP contribution in [0.2, 0.25) is 0 Å². The number of anilines is 1. The van der Waals surface area contributed by atoms with Crippen LogP contribution in [0.1, 0.15) is 6.23 Å². The number of hydrogen-bond acceptors (Lipinski definition) is 9. The molecule has 23 heavy (non-hydrogen) atoms. The van der Waals surface area contributed by atoms with Crippen LogP contribution in [0, 0.1) is 0 Å². The molecule has 122 valence electrons. The second-order valence-corrected chi connectivity index (χ2v) is 7.16. The van der Waals surface area contributed by atoms with Gasteiger partial charge in [0.05, 0.1) is 0 Å². The molecule has 2 aliphatic heterocycles. The molecule has 0 fully saturated rings. The lowest BCUT2D eigenvalue weighted by Crippen LogP contribution is -2.23. The van der Waals surface area contributed by atoms with Crippen molar-refractivity contribution in [3.63, 3.8) is 0 Å². The minimum absolute atomic E-state index is 0.0138. The number of fused-ring (bicyclic) bond motifs is 1. The Balaban J connectivity index is 1.73. The smallest absolute Gasteiger partial charge is 0.376 e. The first-order valence-corrected chi connectivity index (χ1v) is 8.84. The van der Waals surface area contributed by atoms with Crippen LogP contribution in [0.4, 0.5) is 5.82 Å². The third-order valence-electron chi connectivity index (χ3n) is 3.64. The maximum absolute atomic E-state index is 11.9. The zero-order valence-electron chi connectivity index (χ0n) is 12.3. The van der Waals surface area contributed by atoms with Gasteiger partial charge in [-0.1, -0.05) is 0 Å². The minimum atomic E-state index is -3.22. The van der Waals surface area contributed by atoms with E-state index < -0.39 is 19.9 Å². The molecule has 4 rings (SSSR count). The van der Waals surface area contributed by atoms with Gasteiger partial charge in [-0.25, -0.2) is 19.5 Å². The van der Waals surface area contributed by atoms with Gasteiger partial charge < -0.3 is 19.7 Å². The number of aliphatic hydroxyl groups excluding tert-OH is 1. The fourth-order valence-electron chi connectivity index (χ4n) is 2.58. The van der Waals surface area contributed by atoms with Crippen molar-refractivity contribution >= 4 is 24.6 Å². The first-order chi connectivity index (χ1) is 11.0. The van der Waals surface area contributed by atoms with E-state index in [1.807, 2.05) is 0 Å². The van der Waals surface area contributed by atoms with Gasteiger partial charge in [-0.2, -0.15) is 0 Å². The highest BCUT2D eigenvalue weighted by Crippen LogP contribution is 2.54. The van der Waals surface area contributed by atoms with Gasteiger partial charge in [0.2, 0.25) is 6.23 Å². The lowest BCUT2D eigenvalue weighted by molar-refractivity contribution is -0.00633. The Morgan fingerprint density at radius 3 is 3.04 bits per heavy atom. The van der Waals surface area contributed by atoms with Crippen LogP contribution in [-0.4, -0.2) is 51.0 Å². The van der Waals surface area contributed by atoms with E-state index in [1.165, 1.54) is 19.3 Å². The summed E-state index contributed by atoms with van der Waals surface area (Å²) < 4.78 is 29.5. The fraction of sp³-hybridized carbons (Fsp3) is 0.417. The van der Waals surface area contributed by atoms with Crippen LogP contribution in [0.25, 0.3) is 11.2 Å². The molecule has 11 heteroatoms. The summed E-state index contributed by atoms with van der Waals surface area (Å²) in [7, 11) is -1.49. The quantitative estimate of drug-likeness (QED) is 0.767. The Morgan fingerprint density at radius 2 is 2.26 bits per heavy atom. The molecule has 2 aliphatic rings. The Bertz CT molecular complexity index is 865. The standard InChI is InChI=1S/C12H14N5O5P/c1-13-10-7-11(15-4-14-10)17(5-16-7)12-8(18)9-6(21-12)3-20-23(2,19)22-9/h4-5,8,12,18H,3H2,1-2H3,(H,13,14,15)/t8?,12-,23?/m1/s1. The molecular weight excluding hydrogens is 325 g/mol. The lowest BCUT2D eigenvalue weighted by Gasteiger charge is -2.21. The topological polar surface area (TPSA) is 121 Å². The number of hydrogen-bond donors (Lipinski definition) is 2. The largest absolute Gasteiger partial charge is 0.465 e. The van der Waals surface area contributed by atoms with Crippen molar-refractivity contribution in [2.24, 2.45) is 0 Å². The van der Waals surface area contributed by atoms with Crippen molar-refractivity contribution < 1.29 is 23.5 Å². The summed E-state index contributed by atoms with van der Waals surface area (Å²) >= 11 is 0. The van der Waals surface area contributed by atoms with Crippen LogP contribution in [0.3, 0.4) is 0 Å². The first-order valence-electron chi connectivity index (χ1n) is 6.85. The van der Waals surface area contributed by atoms with Gasteiger partial charge in [-0.05, 0) is 0 Å². The highest BCUT2D eigenvalue weighted by Gasteiger charge is 2.45. The zero-order chi connectivity index (χ0) is 16.2. The van der Waals surface area contributed by atoms with Crippen molar-refractivity contribution in [3.8, 4) is 0 Å². The lowest BCUT2D eigenvalue weighted by atomic mass is 10.2. The second kappa shape index (κ2) is 4.92. The van der Waals surface area contributed by atoms with Crippen molar-refractivity contribution in [1.29, 1.82) is 0 Å². The molecule has 0 amide bonds. The van der Waals surface area contributed by atoms with Crippen molar-refractivity contribution in [2.45, 2.75) is 12.3 Å². The molecule has 0 saturated heterocycles. The van der Waals surface area contributed by atoms with E-state index >= 15 is 0 Å². The average Bonchev–Trinajstić information content (AvgIpc) is 3.08. The van der Waals surface area contributed by atoms with Crippen LogP contribution >= 0.6 is 7.60 Å². The molecule has 2 aromatic heterocycles. The minimum Gasteiger partial charge on any atom is -0.465 e. The Labute approximate surface area is 130 Å². The van der Waals surface area contributed by atoms with Crippen LogP contribution in [0.15, 0.2) is 24.2 Å². The van der Waals surface area contributed by atoms with E-state index in [4.69, 9.17) is 13.8 Å². The van der Waals surface area contributed by atoms with Crippen molar-refractivity contribution in [1.82, 2.24) is 19.5 Å². The monoisotopic (exact) mass is 339 g/mol. The molecule has 2 unspecified atom stereocenters. The van der Waals surface area contributed by atoms with E-state index in [1.54, 1.807) is 11.6 Å². The zero-order valence-corrected chi connectivity index (χ0v) is 13.2. The summed E-state index contributed by atoms with van der Waals surface area (Å²) in [4.78, 5) is 12.5. The molecule has 2 N–H and O–H groups in total. The SMILES string of the molecule is CNc1ncnc2c1ncn2[C@@H]1OC2=C(OP(C)(=O)OC2)C1O. The third kappa shape index (κ3) is 2.18. The molecule has 0 aliphatic carbocycles. The summed E-state index contributed by atoms with van der Waals surface area (Å²) in [5.74, 6) is 1.02. The number of nitrogens with one attached hydrogen (secondary N) is 1. The molecule has 0 spiro atoms. The predicted octanol–water partition coefficient (Wildman–Crippen LogP) is 0.839. The number of rotatable bonds is 2. The molecule has 4 heterocycles. The van der Waals surface area contributed by atoms with E-state index in [-0.39, 0.29) is 12.4 Å². The molecule has 2 aromatic rings. The number of aliphatic hydroxyl groups is 1. The Hall–Kier alpha value is -2.16. The summed E-state index contributed by atoms with van der Waals surface area (Å²) in [6.07, 6.45) is 0.929. The predicted molar refractivity (Wildman–Crippen MR) is 78.6 cm³/mol. The van der Waals surface area contributed by atoms with Crippen molar-refractivity contribution in [2.75, 3.05) is 25.6 Å². The van der Waals surface area contributed by atoms with Gasteiger partial charge in [0, 0.05) is 13.7 Å². The van der Waals surface area contributed by atoms with E-state index in [9.17, 15) is 9.67 Å². The van der Waals surface area contributed by atoms with Gasteiger partial charge in [0.1, 0.15) is 19.3 Å². The highest BCUT2D eigenvalue weighted by atomic mass is 31.2. The fourth-order valence-corrected chi connectivity index (χ4v) is 3.56. The van der Waals surface area contributed by atoms with Gasteiger partial charge in [0.25, 0.3) is 0 Å². The molecule has 0 radical (unpaired) electrons. The number of nitrogens with zero attached hydrogens (tertiary/aromatic N) is 4. The van der Waals surface area contributed by atoms with Crippen LogP contribution in [-0.2, 0) is 18.3 Å². The number of ether oxygens (including phenoxy) is 1. The normalized spacial score (nSPS) is 30.0. The summed E-state index contributed by atoms with van der Waals surface area (Å²) in [6, 6.07) is 0. The molecule has 0 bridgehead atoms.